The molecule has 0 aromatic heterocycles. The standard InChI is InChI=1S/C15H28N4O2S/c1-19(2)14(20)10-18-15(16-8-12-5-6-21-11-12)17-9-13-4-3-7-22-13/h12-13H,3-11H2,1-2H3,(H2,16,17,18). The van der Waals surface area contributed by atoms with Crippen LogP contribution in [-0.2, 0) is 9.53 Å². The average Bonchev–Trinajstić information content (AvgIpc) is 3.19. The van der Waals surface area contributed by atoms with Gasteiger partial charge < -0.3 is 20.3 Å². The highest BCUT2D eigenvalue weighted by Gasteiger charge is 2.18. The molecular weight excluding hydrogens is 300 g/mol. The number of aliphatic imine (C=N–C) groups is 1. The SMILES string of the molecule is CN(C)C(=O)CN=C(NCC1CCOC1)NCC1CCCS1. The molecule has 0 aromatic carbocycles. The number of nitrogens with zero attached hydrogens (tertiary/aromatic N) is 2. The Bertz CT molecular complexity index is 356. The number of ether oxygens (including phenoxy) is 1. The Morgan fingerprint density at radius 3 is 2.77 bits per heavy atom. The second-order valence-electron chi connectivity index (χ2n) is 6.08. The average molecular weight is 328 g/mol. The zero-order valence-corrected chi connectivity index (χ0v) is 14.5. The van der Waals surface area contributed by atoms with Crippen LogP contribution in [-0.4, -0.2) is 74.7 Å². The predicted molar refractivity (Wildman–Crippen MR) is 91.4 cm³/mol. The van der Waals surface area contributed by atoms with Gasteiger partial charge >= 0.3 is 0 Å². The number of thioether (sulfide) groups is 1. The van der Waals surface area contributed by atoms with E-state index in [1.807, 2.05) is 11.8 Å². The van der Waals surface area contributed by atoms with Crippen LogP contribution in [0.4, 0.5) is 0 Å². The first-order chi connectivity index (χ1) is 10.6. The van der Waals surface area contributed by atoms with Crippen LogP contribution in [0.3, 0.4) is 0 Å². The van der Waals surface area contributed by atoms with E-state index in [1.165, 1.54) is 18.6 Å². The molecule has 2 saturated heterocycles. The zero-order valence-electron chi connectivity index (χ0n) is 13.6. The summed E-state index contributed by atoms with van der Waals surface area (Å²) in [6.07, 6.45) is 3.66. The Morgan fingerprint density at radius 2 is 2.14 bits per heavy atom. The Kier molecular flexibility index (Phi) is 7.32. The van der Waals surface area contributed by atoms with Crippen molar-refractivity contribution in [3.63, 3.8) is 0 Å². The third-order valence-electron chi connectivity index (χ3n) is 3.97. The lowest BCUT2D eigenvalue weighted by Crippen LogP contribution is -2.43. The highest BCUT2D eigenvalue weighted by atomic mass is 32.2. The third-order valence-corrected chi connectivity index (χ3v) is 5.37. The number of likely N-dealkylation sites (N-methyl/N-ethyl adjacent to an activating group) is 1. The first kappa shape index (κ1) is 17.4. The molecule has 2 fully saturated rings. The molecule has 0 bridgehead atoms. The summed E-state index contributed by atoms with van der Waals surface area (Å²) >= 11 is 2.02. The van der Waals surface area contributed by atoms with Gasteiger partial charge in [-0.3, -0.25) is 4.79 Å². The Balaban J connectivity index is 1.80. The topological polar surface area (TPSA) is 66.0 Å². The number of rotatable bonds is 6. The van der Waals surface area contributed by atoms with E-state index in [2.05, 4.69) is 15.6 Å². The summed E-state index contributed by atoms with van der Waals surface area (Å²) in [7, 11) is 3.51. The summed E-state index contributed by atoms with van der Waals surface area (Å²) in [6.45, 7) is 3.61. The molecule has 22 heavy (non-hydrogen) atoms. The van der Waals surface area contributed by atoms with Crippen LogP contribution in [0, 0.1) is 5.92 Å². The summed E-state index contributed by atoms with van der Waals surface area (Å²) in [6, 6.07) is 0. The first-order valence-corrected chi connectivity index (χ1v) is 9.11. The molecule has 0 spiro atoms. The number of carbonyl (C=O) groups is 1. The molecule has 0 aromatic rings. The predicted octanol–water partition coefficient (Wildman–Crippen LogP) is 0.542. The number of hydrogen-bond acceptors (Lipinski definition) is 4. The largest absolute Gasteiger partial charge is 0.381 e. The Morgan fingerprint density at radius 1 is 1.32 bits per heavy atom. The van der Waals surface area contributed by atoms with Gasteiger partial charge in [-0.05, 0) is 25.0 Å². The minimum absolute atomic E-state index is 0.0144. The normalized spacial score (nSPS) is 25.3. The summed E-state index contributed by atoms with van der Waals surface area (Å²) < 4.78 is 5.40. The highest BCUT2D eigenvalue weighted by Crippen LogP contribution is 2.25. The van der Waals surface area contributed by atoms with Crippen LogP contribution in [0.2, 0.25) is 0 Å². The van der Waals surface area contributed by atoms with Gasteiger partial charge in [0.2, 0.25) is 5.91 Å². The molecule has 2 heterocycles. The van der Waals surface area contributed by atoms with Crippen molar-refractivity contribution in [1.82, 2.24) is 15.5 Å². The van der Waals surface area contributed by atoms with Crippen molar-refractivity contribution < 1.29 is 9.53 Å². The van der Waals surface area contributed by atoms with E-state index < -0.39 is 0 Å². The maximum Gasteiger partial charge on any atom is 0.243 e. The van der Waals surface area contributed by atoms with Crippen molar-refractivity contribution in [3.05, 3.63) is 0 Å². The van der Waals surface area contributed by atoms with Crippen LogP contribution in [0.5, 0.6) is 0 Å². The van der Waals surface area contributed by atoms with Crippen molar-refractivity contribution in [2.75, 3.05) is 52.7 Å². The van der Waals surface area contributed by atoms with Gasteiger partial charge in [0.25, 0.3) is 0 Å². The maximum absolute atomic E-state index is 11.7. The molecule has 1 amide bonds. The maximum atomic E-state index is 11.7. The molecule has 2 rings (SSSR count). The molecule has 126 valence electrons. The van der Waals surface area contributed by atoms with E-state index in [0.717, 1.165) is 38.7 Å². The monoisotopic (exact) mass is 328 g/mol. The number of carbonyl (C=O) groups excluding carboxylic acids is 1. The summed E-state index contributed by atoms with van der Waals surface area (Å²) in [4.78, 5) is 17.7. The lowest BCUT2D eigenvalue weighted by molar-refractivity contribution is -0.127. The molecular formula is C15H28N4O2S. The minimum Gasteiger partial charge on any atom is -0.381 e. The number of amides is 1. The van der Waals surface area contributed by atoms with Crippen molar-refractivity contribution in [1.29, 1.82) is 0 Å². The van der Waals surface area contributed by atoms with E-state index in [9.17, 15) is 4.79 Å². The van der Waals surface area contributed by atoms with E-state index in [1.54, 1.807) is 19.0 Å². The fraction of sp³-hybridized carbons (Fsp3) is 0.867. The molecule has 2 aliphatic heterocycles. The van der Waals surface area contributed by atoms with Crippen LogP contribution < -0.4 is 10.6 Å². The number of nitrogens with one attached hydrogen (secondary N) is 2. The Hall–Kier alpha value is -0.950. The van der Waals surface area contributed by atoms with Gasteiger partial charge in [0, 0.05) is 45.0 Å². The lowest BCUT2D eigenvalue weighted by Gasteiger charge is -2.17. The zero-order chi connectivity index (χ0) is 15.8. The number of hydrogen-bond donors (Lipinski definition) is 2. The van der Waals surface area contributed by atoms with Crippen LogP contribution in [0.1, 0.15) is 19.3 Å². The molecule has 0 saturated carbocycles. The molecule has 0 radical (unpaired) electrons. The van der Waals surface area contributed by atoms with Crippen LogP contribution >= 0.6 is 11.8 Å². The Labute approximate surface area is 137 Å². The van der Waals surface area contributed by atoms with Crippen molar-refractivity contribution >= 4 is 23.6 Å². The molecule has 6 nitrogen and oxygen atoms in total. The van der Waals surface area contributed by atoms with Gasteiger partial charge in [-0.15, -0.1) is 0 Å². The van der Waals surface area contributed by atoms with E-state index >= 15 is 0 Å². The van der Waals surface area contributed by atoms with Gasteiger partial charge in [0.1, 0.15) is 6.54 Å². The third kappa shape index (κ3) is 6.04. The van der Waals surface area contributed by atoms with E-state index in [0.29, 0.717) is 11.2 Å². The lowest BCUT2D eigenvalue weighted by atomic mass is 10.1. The molecule has 2 unspecified atom stereocenters. The van der Waals surface area contributed by atoms with Crippen LogP contribution in [0.15, 0.2) is 4.99 Å². The highest BCUT2D eigenvalue weighted by molar-refractivity contribution is 8.00. The quantitative estimate of drug-likeness (QED) is 0.550. The summed E-state index contributed by atoms with van der Waals surface area (Å²) in [5.41, 5.74) is 0. The van der Waals surface area contributed by atoms with E-state index in [4.69, 9.17) is 4.74 Å². The smallest absolute Gasteiger partial charge is 0.243 e. The van der Waals surface area contributed by atoms with Gasteiger partial charge in [0.15, 0.2) is 5.96 Å². The fourth-order valence-electron chi connectivity index (χ4n) is 2.46. The minimum atomic E-state index is 0.0144. The fourth-order valence-corrected chi connectivity index (χ4v) is 3.66. The van der Waals surface area contributed by atoms with Crippen LogP contribution in [0.25, 0.3) is 0 Å². The first-order valence-electron chi connectivity index (χ1n) is 8.07. The van der Waals surface area contributed by atoms with Gasteiger partial charge in [-0.2, -0.15) is 11.8 Å². The molecule has 2 aliphatic rings. The van der Waals surface area contributed by atoms with Crippen molar-refractivity contribution in [2.45, 2.75) is 24.5 Å². The summed E-state index contributed by atoms with van der Waals surface area (Å²) in [5, 5.41) is 7.40. The van der Waals surface area contributed by atoms with Gasteiger partial charge in [0.05, 0.1) is 6.61 Å². The van der Waals surface area contributed by atoms with Crippen molar-refractivity contribution in [3.8, 4) is 0 Å². The van der Waals surface area contributed by atoms with Gasteiger partial charge in [-0.25, -0.2) is 4.99 Å². The second-order valence-corrected chi connectivity index (χ2v) is 7.49. The van der Waals surface area contributed by atoms with Crippen molar-refractivity contribution in [2.24, 2.45) is 10.9 Å². The number of guanidine groups is 1. The molecule has 7 heteroatoms. The van der Waals surface area contributed by atoms with E-state index in [-0.39, 0.29) is 12.5 Å². The van der Waals surface area contributed by atoms with Gasteiger partial charge in [-0.1, -0.05) is 0 Å². The molecule has 0 aliphatic carbocycles. The second kappa shape index (κ2) is 9.25. The molecule has 2 atom stereocenters. The summed E-state index contributed by atoms with van der Waals surface area (Å²) in [5.74, 6) is 2.55. The molecule has 2 N–H and O–H groups in total.